The van der Waals surface area contributed by atoms with Crippen molar-refractivity contribution in [3.63, 3.8) is 0 Å². The van der Waals surface area contributed by atoms with Crippen LogP contribution in [0.5, 0.6) is 0 Å². The highest BCUT2D eigenvalue weighted by atomic mass is 19.1. The van der Waals surface area contributed by atoms with E-state index in [-0.39, 0.29) is 17.6 Å². The average molecular weight is 463 g/mol. The van der Waals surface area contributed by atoms with Crippen molar-refractivity contribution in [1.29, 1.82) is 0 Å². The van der Waals surface area contributed by atoms with Crippen LogP contribution in [0.25, 0.3) is 22.4 Å². The standard InChI is InChI=1S/C25H24F2N6O/c26-16-3-6-18(19(27)11-16)22-23-25(29-21-2-1-8-32(21)23)31-24(30-22)14-7-9-34-20(10-14)15-12-28-33(13-15)17-4-5-17/h3,6,11-14,17,20H,1-2,4-5,7-10H2. The van der Waals surface area contributed by atoms with E-state index in [9.17, 15) is 8.78 Å². The molecule has 2 aliphatic heterocycles. The van der Waals surface area contributed by atoms with Crippen LogP contribution in [-0.2, 0) is 17.7 Å². The van der Waals surface area contributed by atoms with Crippen molar-refractivity contribution >= 4 is 11.2 Å². The average Bonchev–Trinajstić information content (AvgIpc) is 3.24. The second-order valence-corrected chi connectivity index (χ2v) is 9.58. The third kappa shape index (κ3) is 3.33. The number of hydrogen-bond acceptors (Lipinski definition) is 5. The lowest BCUT2D eigenvalue weighted by Crippen LogP contribution is -2.20. The maximum Gasteiger partial charge on any atom is 0.181 e. The zero-order valence-electron chi connectivity index (χ0n) is 18.6. The zero-order chi connectivity index (χ0) is 22.8. The molecule has 174 valence electrons. The van der Waals surface area contributed by atoms with Crippen LogP contribution >= 0.6 is 0 Å². The molecule has 2 fully saturated rings. The van der Waals surface area contributed by atoms with Crippen LogP contribution in [0.15, 0.2) is 30.6 Å². The number of rotatable bonds is 4. The topological polar surface area (TPSA) is 70.7 Å². The second kappa shape index (κ2) is 7.66. The molecule has 1 saturated carbocycles. The summed E-state index contributed by atoms with van der Waals surface area (Å²) in [6, 6.07) is 4.17. The Bertz CT molecular complexity index is 1410. The van der Waals surface area contributed by atoms with Crippen molar-refractivity contribution in [3.8, 4) is 11.3 Å². The Labute approximate surface area is 194 Å². The van der Waals surface area contributed by atoms with Gasteiger partial charge < -0.3 is 9.30 Å². The first-order valence-corrected chi connectivity index (χ1v) is 12.0. The molecule has 9 heteroatoms. The molecule has 1 aliphatic carbocycles. The largest absolute Gasteiger partial charge is 0.373 e. The summed E-state index contributed by atoms with van der Waals surface area (Å²) in [5.74, 6) is 0.404. The molecule has 0 radical (unpaired) electrons. The summed E-state index contributed by atoms with van der Waals surface area (Å²) in [7, 11) is 0. The fraction of sp³-hybridized carbons (Fsp3) is 0.440. The Morgan fingerprint density at radius 3 is 2.82 bits per heavy atom. The Hall–Kier alpha value is -3.20. The maximum absolute atomic E-state index is 14.9. The minimum absolute atomic E-state index is 0.0474. The summed E-state index contributed by atoms with van der Waals surface area (Å²) >= 11 is 0. The van der Waals surface area contributed by atoms with Crippen molar-refractivity contribution in [2.24, 2.45) is 0 Å². The van der Waals surface area contributed by atoms with Gasteiger partial charge in [-0.3, -0.25) is 4.68 Å². The van der Waals surface area contributed by atoms with Gasteiger partial charge in [0.1, 0.15) is 34.5 Å². The maximum atomic E-state index is 14.9. The first-order chi connectivity index (χ1) is 16.6. The van der Waals surface area contributed by atoms with E-state index < -0.39 is 11.6 Å². The lowest BCUT2D eigenvalue weighted by molar-refractivity contribution is 0.00396. The van der Waals surface area contributed by atoms with E-state index in [1.165, 1.54) is 25.0 Å². The van der Waals surface area contributed by atoms with Gasteiger partial charge in [0.25, 0.3) is 0 Å². The van der Waals surface area contributed by atoms with E-state index in [4.69, 9.17) is 19.7 Å². The predicted octanol–water partition coefficient (Wildman–Crippen LogP) is 4.88. The zero-order valence-corrected chi connectivity index (χ0v) is 18.6. The van der Waals surface area contributed by atoms with Gasteiger partial charge in [-0.15, -0.1) is 0 Å². The SMILES string of the molecule is Fc1ccc(-c2nc(C3CCOC(c4cnn(C5CC5)c4)C3)nc3nc4n(c23)CCC4)c(F)c1. The van der Waals surface area contributed by atoms with Crippen LogP contribution < -0.4 is 0 Å². The number of fused-ring (bicyclic) bond motifs is 3. The number of hydrogen-bond donors (Lipinski definition) is 0. The first-order valence-electron chi connectivity index (χ1n) is 12.0. The number of ether oxygens (including phenoxy) is 1. The Kier molecular flexibility index (Phi) is 4.55. The van der Waals surface area contributed by atoms with E-state index in [1.54, 1.807) is 0 Å². The van der Waals surface area contributed by atoms with Gasteiger partial charge in [-0.25, -0.2) is 23.7 Å². The number of benzene rings is 1. The lowest BCUT2D eigenvalue weighted by Gasteiger charge is -2.28. The summed E-state index contributed by atoms with van der Waals surface area (Å²) in [6.07, 6.45) is 9.62. The van der Waals surface area contributed by atoms with Gasteiger partial charge in [-0.1, -0.05) is 0 Å². The van der Waals surface area contributed by atoms with Crippen LogP contribution in [0.2, 0.25) is 0 Å². The molecule has 1 saturated heterocycles. The third-order valence-corrected chi connectivity index (χ3v) is 7.23. The molecule has 0 N–H and O–H groups in total. The lowest BCUT2D eigenvalue weighted by atomic mass is 9.92. The Balaban J connectivity index is 1.30. The molecule has 4 aromatic rings. The van der Waals surface area contributed by atoms with E-state index in [0.717, 1.165) is 55.2 Å². The molecule has 7 rings (SSSR count). The van der Waals surface area contributed by atoms with Crippen LogP contribution in [0.4, 0.5) is 8.78 Å². The van der Waals surface area contributed by atoms with Gasteiger partial charge in [0, 0.05) is 48.9 Å². The fourth-order valence-corrected chi connectivity index (χ4v) is 5.30. The van der Waals surface area contributed by atoms with Crippen LogP contribution in [-0.4, -0.2) is 35.9 Å². The Morgan fingerprint density at radius 1 is 1.06 bits per heavy atom. The van der Waals surface area contributed by atoms with Gasteiger partial charge >= 0.3 is 0 Å². The van der Waals surface area contributed by atoms with Gasteiger partial charge in [-0.05, 0) is 44.2 Å². The monoisotopic (exact) mass is 462 g/mol. The molecule has 3 aliphatic rings. The number of nitrogens with zero attached hydrogens (tertiary/aromatic N) is 6. The molecule has 0 bridgehead atoms. The molecule has 34 heavy (non-hydrogen) atoms. The molecule has 2 unspecified atom stereocenters. The van der Waals surface area contributed by atoms with Crippen molar-refractivity contribution in [1.82, 2.24) is 29.3 Å². The summed E-state index contributed by atoms with van der Waals surface area (Å²) in [4.78, 5) is 14.5. The Morgan fingerprint density at radius 2 is 1.97 bits per heavy atom. The van der Waals surface area contributed by atoms with E-state index in [0.29, 0.717) is 29.8 Å². The van der Waals surface area contributed by atoms with Gasteiger partial charge in [0.2, 0.25) is 0 Å². The van der Waals surface area contributed by atoms with E-state index in [2.05, 4.69) is 15.9 Å². The predicted molar refractivity (Wildman–Crippen MR) is 120 cm³/mol. The summed E-state index contributed by atoms with van der Waals surface area (Å²) < 4.78 is 38.7. The van der Waals surface area contributed by atoms with Crippen LogP contribution in [0.3, 0.4) is 0 Å². The quantitative estimate of drug-likeness (QED) is 0.432. The van der Waals surface area contributed by atoms with E-state index >= 15 is 0 Å². The summed E-state index contributed by atoms with van der Waals surface area (Å²) in [5, 5.41) is 4.51. The molecule has 3 aromatic heterocycles. The van der Waals surface area contributed by atoms with Crippen molar-refractivity contribution in [3.05, 3.63) is 59.4 Å². The minimum atomic E-state index is -0.628. The fourth-order valence-electron chi connectivity index (χ4n) is 5.30. The number of aromatic nitrogens is 6. The summed E-state index contributed by atoms with van der Waals surface area (Å²) in [6.45, 7) is 1.39. The first kappa shape index (κ1) is 20.2. The molecule has 7 nitrogen and oxygen atoms in total. The number of halogens is 2. The number of aryl methyl sites for hydroxylation is 2. The highest BCUT2D eigenvalue weighted by Gasteiger charge is 2.32. The van der Waals surface area contributed by atoms with Crippen LogP contribution in [0, 0.1) is 11.6 Å². The second-order valence-electron chi connectivity index (χ2n) is 9.58. The van der Waals surface area contributed by atoms with Crippen molar-refractivity contribution in [2.45, 2.75) is 63.1 Å². The number of imidazole rings is 1. The van der Waals surface area contributed by atoms with Crippen molar-refractivity contribution in [2.75, 3.05) is 6.61 Å². The molecule has 0 spiro atoms. The highest BCUT2D eigenvalue weighted by molar-refractivity contribution is 5.88. The molecule has 2 atom stereocenters. The van der Waals surface area contributed by atoms with Gasteiger partial charge in [0.15, 0.2) is 5.65 Å². The molecular weight excluding hydrogens is 438 g/mol. The normalized spacial score (nSPS) is 22.4. The smallest absolute Gasteiger partial charge is 0.181 e. The third-order valence-electron chi connectivity index (χ3n) is 7.23. The molecule has 5 heterocycles. The van der Waals surface area contributed by atoms with E-state index in [1.807, 2.05) is 10.9 Å². The minimum Gasteiger partial charge on any atom is -0.373 e. The van der Waals surface area contributed by atoms with Crippen LogP contribution in [0.1, 0.15) is 67.4 Å². The molecular formula is C25H24F2N6O. The molecule has 1 aromatic carbocycles. The summed E-state index contributed by atoms with van der Waals surface area (Å²) in [5.41, 5.74) is 3.16. The van der Waals surface area contributed by atoms with Gasteiger partial charge in [0.05, 0.1) is 18.3 Å². The van der Waals surface area contributed by atoms with Crippen molar-refractivity contribution < 1.29 is 13.5 Å². The van der Waals surface area contributed by atoms with Gasteiger partial charge in [-0.2, -0.15) is 5.10 Å². The highest BCUT2D eigenvalue weighted by Crippen LogP contribution is 2.40. The molecule has 0 amide bonds.